The van der Waals surface area contributed by atoms with E-state index in [4.69, 9.17) is 9.47 Å². The van der Waals surface area contributed by atoms with E-state index in [-0.39, 0.29) is 42.2 Å². The fraction of sp³-hybridized carbons (Fsp3) is 0.409. The molecule has 1 aliphatic carbocycles. The summed E-state index contributed by atoms with van der Waals surface area (Å²) >= 11 is 0. The Morgan fingerprint density at radius 3 is 2.69 bits per heavy atom. The largest absolute Gasteiger partial charge is 1.00 e. The van der Waals surface area contributed by atoms with Crippen LogP contribution in [-0.2, 0) is 17.6 Å². The summed E-state index contributed by atoms with van der Waals surface area (Å²) in [7, 11) is 0. The van der Waals surface area contributed by atoms with Crippen LogP contribution in [0.4, 0.5) is 0 Å². The summed E-state index contributed by atoms with van der Waals surface area (Å²) in [6.07, 6.45) is 3.26. The Bertz CT molecular complexity index is 771. The third-order valence-electron chi connectivity index (χ3n) is 4.83. The molecule has 0 amide bonds. The van der Waals surface area contributed by atoms with Crippen LogP contribution in [0.3, 0.4) is 0 Å². The molecule has 3 rings (SSSR count). The van der Waals surface area contributed by atoms with Crippen molar-refractivity contribution >= 4 is 5.97 Å². The maximum absolute atomic E-state index is 10.6. The second-order valence-electron chi connectivity index (χ2n) is 7.07. The van der Waals surface area contributed by atoms with Gasteiger partial charge in [0.15, 0.2) is 0 Å². The van der Waals surface area contributed by atoms with Gasteiger partial charge in [-0.2, -0.15) is 0 Å². The molecule has 0 heterocycles. The first-order chi connectivity index (χ1) is 13.6. The first-order valence-corrected chi connectivity index (χ1v) is 9.64. The van der Waals surface area contributed by atoms with Crippen molar-refractivity contribution in [1.82, 2.24) is 5.32 Å². The number of ether oxygens (including phenoxy) is 2. The van der Waals surface area contributed by atoms with Gasteiger partial charge in [0.2, 0.25) is 0 Å². The Morgan fingerprint density at radius 1 is 1.14 bits per heavy atom. The van der Waals surface area contributed by atoms with E-state index < -0.39 is 18.7 Å². The number of aliphatic hydroxyl groups is 1. The van der Waals surface area contributed by atoms with Gasteiger partial charge >= 0.3 is 29.6 Å². The zero-order valence-corrected chi connectivity index (χ0v) is 18.8. The van der Waals surface area contributed by atoms with Gasteiger partial charge < -0.3 is 29.8 Å². The van der Waals surface area contributed by atoms with Crippen molar-refractivity contribution in [2.75, 3.05) is 19.8 Å². The van der Waals surface area contributed by atoms with Gasteiger partial charge in [0.1, 0.15) is 30.8 Å². The molecule has 2 aromatic carbocycles. The molecule has 7 heteroatoms. The van der Waals surface area contributed by atoms with Crippen molar-refractivity contribution in [1.29, 1.82) is 0 Å². The minimum atomic E-state index is -1.24. The number of aryl methyl sites for hydroxylation is 1. The van der Waals surface area contributed by atoms with Gasteiger partial charge in [-0.25, -0.2) is 0 Å². The molecule has 0 saturated heterocycles. The fourth-order valence-electron chi connectivity index (χ4n) is 3.42. The zero-order chi connectivity index (χ0) is 19.8. The summed E-state index contributed by atoms with van der Waals surface area (Å²) in [5.74, 6) is 0.0510. The molecule has 0 saturated carbocycles. The van der Waals surface area contributed by atoms with Gasteiger partial charge in [-0.3, -0.25) is 0 Å². The topological polar surface area (TPSA) is 90.9 Å². The summed E-state index contributed by atoms with van der Waals surface area (Å²) in [4.78, 5) is 10.6. The second-order valence-corrected chi connectivity index (χ2v) is 7.07. The number of carboxylic acid groups (broad SMARTS) is 1. The van der Waals surface area contributed by atoms with Gasteiger partial charge in [0.25, 0.3) is 0 Å². The van der Waals surface area contributed by atoms with E-state index in [2.05, 4.69) is 5.32 Å². The standard InChI is InChI=1S/C22H27NO5.Na/c24-19(14-27-20-7-2-1-3-8-20)13-23-18-6-4-5-16-9-10-21(12-17(16)11-18)28-15-22(25)26;/h1-3,7-10,12,18-19,23-24H,4-6,11,13-15H2,(H,25,26);/q;+1/p-1/t18-,19-;/m0./s1. The molecule has 0 unspecified atom stereocenters. The SMILES string of the molecule is O=C([O-])COc1ccc2c(c1)C[C@@H](NC[C@H](O)COc1ccccc1)CCC2.[Na+]. The van der Waals surface area contributed by atoms with Crippen molar-refractivity contribution in [3.05, 3.63) is 59.7 Å². The molecule has 0 bridgehead atoms. The quantitative estimate of drug-likeness (QED) is 0.373. The summed E-state index contributed by atoms with van der Waals surface area (Å²) in [5.41, 5.74) is 2.42. The number of nitrogens with one attached hydrogen (secondary N) is 1. The van der Waals surface area contributed by atoms with E-state index in [1.165, 1.54) is 5.56 Å². The number of hydrogen-bond acceptors (Lipinski definition) is 6. The number of fused-ring (bicyclic) bond motifs is 1. The molecule has 150 valence electrons. The van der Waals surface area contributed by atoms with Crippen molar-refractivity contribution < 1.29 is 54.0 Å². The van der Waals surface area contributed by atoms with Gasteiger partial charge in [-0.05, 0) is 61.1 Å². The molecule has 6 nitrogen and oxygen atoms in total. The summed E-state index contributed by atoms with van der Waals surface area (Å²) in [6, 6.07) is 15.4. The maximum atomic E-state index is 10.6. The monoisotopic (exact) mass is 407 g/mol. The molecular weight excluding hydrogens is 381 g/mol. The molecule has 0 spiro atoms. The Balaban J connectivity index is 0.00000300. The average molecular weight is 407 g/mol. The van der Waals surface area contributed by atoms with E-state index in [1.807, 2.05) is 42.5 Å². The third kappa shape index (κ3) is 7.99. The minimum absolute atomic E-state index is 0. The number of carbonyl (C=O) groups is 1. The maximum Gasteiger partial charge on any atom is 1.00 e. The van der Waals surface area contributed by atoms with Crippen molar-refractivity contribution in [2.24, 2.45) is 0 Å². The van der Waals surface area contributed by atoms with E-state index in [1.54, 1.807) is 6.07 Å². The predicted molar refractivity (Wildman–Crippen MR) is 103 cm³/mol. The fourth-order valence-corrected chi connectivity index (χ4v) is 3.42. The molecule has 2 N–H and O–H groups in total. The number of benzene rings is 2. The molecule has 0 aromatic heterocycles. The summed E-state index contributed by atoms with van der Waals surface area (Å²) < 4.78 is 10.8. The molecule has 2 aromatic rings. The van der Waals surface area contributed by atoms with E-state index in [9.17, 15) is 15.0 Å². The van der Waals surface area contributed by atoms with Gasteiger partial charge in [0.05, 0.1) is 5.97 Å². The van der Waals surface area contributed by atoms with Crippen molar-refractivity contribution in [3.8, 4) is 11.5 Å². The Labute approximate surface area is 193 Å². The van der Waals surface area contributed by atoms with Gasteiger partial charge in [-0.1, -0.05) is 24.3 Å². The molecule has 0 aliphatic heterocycles. The first-order valence-electron chi connectivity index (χ1n) is 9.64. The number of aliphatic hydroxyl groups excluding tert-OH is 1. The van der Waals surface area contributed by atoms with E-state index >= 15 is 0 Å². The third-order valence-corrected chi connectivity index (χ3v) is 4.83. The molecule has 0 fully saturated rings. The molecule has 0 radical (unpaired) electrons. The van der Waals surface area contributed by atoms with Gasteiger partial charge in [0, 0.05) is 12.6 Å². The van der Waals surface area contributed by atoms with Crippen molar-refractivity contribution in [3.63, 3.8) is 0 Å². The van der Waals surface area contributed by atoms with Crippen LogP contribution in [0.5, 0.6) is 11.5 Å². The van der Waals surface area contributed by atoms with Crippen LogP contribution in [0, 0.1) is 0 Å². The van der Waals surface area contributed by atoms with E-state index in [0.717, 1.165) is 37.0 Å². The number of carboxylic acids is 1. The van der Waals surface area contributed by atoms with Gasteiger partial charge in [-0.15, -0.1) is 0 Å². The summed E-state index contributed by atoms with van der Waals surface area (Å²) in [5, 5.41) is 24.2. The minimum Gasteiger partial charge on any atom is -0.546 e. The molecule has 29 heavy (non-hydrogen) atoms. The Hall–Kier alpha value is -1.57. The predicted octanol–water partition coefficient (Wildman–Crippen LogP) is -1.90. The normalized spacial score (nSPS) is 16.7. The number of para-hydroxylation sites is 1. The van der Waals surface area contributed by atoms with Crippen LogP contribution in [0.15, 0.2) is 48.5 Å². The van der Waals surface area contributed by atoms with Crippen LogP contribution >= 0.6 is 0 Å². The van der Waals surface area contributed by atoms with Crippen LogP contribution < -0.4 is 49.5 Å². The van der Waals surface area contributed by atoms with Crippen molar-refractivity contribution in [2.45, 2.75) is 37.8 Å². The molecule has 2 atom stereocenters. The number of aliphatic carboxylic acids is 1. The Morgan fingerprint density at radius 2 is 1.93 bits per heavy atom. The summed E-state index contributed by atoms with van der Waals surface area (Å²) in [6.45, 7) is 0.239. The van der Waals surface area contributed by atoms with Crippen LogP contribution in [0.25, 0.3) is 0 Å². The number of hydrogen-bond donors (Lipinski definition) is 2. The smallest absolute Gasteiger partial charge is 0.546 e. The first kappa shape index (κ1) is 23.7. The van der Waals surface area contributed by atoms with E-state index in [0.29, 0.717) is 12.3 Å². The van der Waals surface area contributed by atoms with Crippen LogP contribution in [0.1, 0.15) is 24.0 Å². The number of carbonyl (C=O) groups excluding carboxylic acids is 1. The number of rotatable bonds is 9. The zero-order valence-electron chi connectivity index (χ0n) is 16.8. The van der Waals surface area contributed by atoms with Crippen LogP contribution in [-0.4, -0.2) is 43.0 Å². The Kier molecular flexibility index (Phi) is 9.97. The van der Waals surface area contributed by atoms with Crippen LogP contribution in [0.2, 0.25) is 0 Å². The molecular formula is C22H26NNaO5. The average Bonchev–Trinajstić information content (AvgIpc) is 2.91. The second kappa shape index (κ2) is 12.2. The molecule has 1 aliphatic rings.